The lowest BCUT2D eigenvalue weighted by Crippen LogP contribution is -2.23. The Labute approximate surface area is 205 Å². The first kappa shape index (κ1) is 24.7. The van der Waals surface area contributed by atoms with Gasteiger partial charge in [-0.2, -0.15) is 5.26 Å². The summed E-state index contributed by atoms with van der Waals surface area (Å²) in [5, 5.41) is 23.0. The lowest BCUT2D eigenvalue weighted by Gasteiger charge is -2.12. The number of phenols is 1. The number of nitriles is 1. The summed E-state index contributed by atoms with van der Waals surface area (Å²) in [4.78, 5) is 13.4. The monoisotopic (exact) mass is 470 g/mol. The van der Waals surface area contributed by atoms with E-state index in [0.29, 0.717) is 17.7 Å². The van der Waals surface area contributed by atoms with Crippen molar-refractivity contribution in [2.45, 2.75) is 19.4 Å². The predicted octanol–water partition coefficient (Wildman–Crippen LogP) is 5.67. The second-order valence-electron chi connectivity index (χ2n) is 7.72. The number of benzene rings is 3. The van der Waals surface area contributed by atoms with Gasteiger partial charge in [-0.3, -0.25) is 4.79 Å². The number of amides is 1. The van der Waals surface area contributed by atoms with Crippen LogP contribution in [0.5, 0.6) is 11.5 Å². The molecule has 0 saturated carbocycles. The molecule has 0 aliphatic heterocycles. The second-order valence-corrected chi connectivity index (χ2v) is 8.35. The zero-order chi connectivity index (χ0) is 24.5. The average Bonchev–Trinajstić information content (AvgIpc) is 2.86. The maximum Gasteiger partial charge on any atom is 0.262 e. The Morgan fingerprint density at radius 1 is 1.15 bits per heavy atom. The molecule has 0 spiro atoms. The molecule has 2 N–H and O–H groups in total. The highest BCUT2D eigenvalue weighted by Gasteiger charge is 2.14. The number of aromatic hydroxyl groups is 1. The van der Waals surface area contributed by atoms with Crippen LogP contribution < -0.4 is 10.1 Å². The van der Waals surface area contributed by atoms with E-state index in [1.165, 1.54) is 13.2 Å². The van der Waals surface area contributed by atoms with Gasteiger partial charge in [-0.1, -0.05) is 61.2 Å². The summed E-state index contributed by atoms with van der Waals surface area (Å²) in [5.41, 5.74) is 3.90. The third-order valence-electron chi connectivity index (χ3n) is 5.26. The fourth-order valence-corrected chi connectivity index (χ4v) is 3.53. The molecule has 0 bridgehead atoms. The van der Waals surface area contributed by atoms with E-state index in [1.807, 2.05) is 60.7 Å². The van der Waals surface area contributed by atoms with E-state index in [0.717, 1.165) is 34.4 Å². The predicted molar refractivity (Wildman–Crippen MR) is 138 cm³/mol. The van der Waals surface area contributed by atoms with E-state index in [-0.39, 0.29) is 17.1 Å². The Kier molecular flexibility index (Phi) is 8.55. The molecular formula is C28H26N2O3S. The highest BCUT2D eigenvalue weighted by molar-refractivity contribution is 7.84. The molecule has 0 unspecified atom stereocenters. The molecule has 0 aliphatic carbocycles. The SMILES string of the molecule is C=C(S)CCc1ccc(-c2cc(C=C(C#N)C(=O)NCc3ccccc3)cc(OC)c2O)cc1. The largest absolute Gasteiger partial charge is 0.504 e. The first-order valence-electron chi connectivity index (χ1n) is 10.7. The van der Waals surface area contributed by atoms with Crippen LogP contribution >= 0.6 is 12.6 Å². The van der Waals surface area contributed by atoms with Gasteiger partial charge in [0.25, 0.3) is 5.91 Å². The van der Waals surface area contributed by atoms with Crippen molar-refractivity contribution in [2.75, 3.05) is 7.11 Å². The quantitative estimate of drug-likeness (QED) is 0.214. The summed E-state index contributed by atoms with van der Waals surface area (Å²) in [7, 11) is 1.46. The summed E-state index contributed by atoms with van der Waals surface area (Å²) in [6, 6.07) is 22.5. The minimum absolute atomic E-state index is 0.0110. The maximum absolute atomic E-state index is 12.6. The summed E-state index contributed by atoms with van der Waals surface area (Å²) in [6.07, 6.45) is 3.09. The van der Waals surface area contributed by atoms with Crippen LogP contribution in [-0.4, -0.2) is 18.1 Å². The van der Waals surface area contributed by atoms with Crippen molar-refractivity contribution in [3.63, 3.8) is 0 Å². The number of thiol groups is 1. The van der Waals surface area contributed by atoms with Gasteiger partial charge in [-0.25, -0.2) is 0 Å². The van der Waals surface area contributed by atoms with Gasteiger partial charge in [0.05, 0.1) is 7.11 Å². The number of hydrogen-bond donors (Lipinski definition) is 3. The van der Waals surface area contributed by atoms with Crippen LogP contribution in [0.25, 0.3) is 17.2 Å². The summed E-state index contributed by atoms with van der Waals surface area (Å²) in [5.74, 6) is -0.237. The van der Waals surface area contributed by atoms with Crippen LogP contribution in [0.2, 0.25) is 0 Å². The van der Waals surface area contributed by atoms with E-state index in [9.17, 15) is 15.2 Å². The standard InChI is InChI=1S/C28H26N2O3S/c1-19(34)8-9-20-10-12-23(13-11-20)25-15-22(16-26(33-2)27(25)31)14-24(17-29)28(32)30-18-21-6-4-3-5-7-21/h3-7,10-16,31,34H,1,8-9,18H2,2H3,(H,30,32). The minimum atomic E-state index is -0.477. The normalized spacial score (nSPS) is 10.9. The van der Waals surface area contributed by atoms with E-state index >= 15 is 0 Å². The average molecular weight is 471 g/mol. The number of phenolic OH excluding ortho intramolecular Hbond substituents is 1. The van der Waals surface area contributed by atoms with Crippen molar-refractivity contribution in [1.82, 2.24) is 5.32 Å². The first-order valence-corrected chi connectivity index (χ1v) is 11.2. The molecule has 0 aliphatic rings. The molecule has 0 saturated heterocycles. The number of nitrogens with one attached hydrogen (secondary N) is 1. The highest BCUT2D eigenvalue weighted by Crippen LogP contribution is 2.39. The van der Waals surface area contributed by atoms with Gasteiger partial charge in [0.1, 0.15) is 11.6 Å². The smallest absolute Gasteiger partial charge is 0.262 e. The number of carbonyl (C=O) groups excluding carboxylic acids is 1. The Morgan fingerprint density at radius 3 is 2.47 bits per heavy atom. The molecule has 172 valence electrons. The van der Waals surface area contributed by atoms with Gasteiger partial charge < -0.3 is 15.2 Å². The molecule has 0 atom stereocenters. The topological polar surface area (TPSA) is 82.4 Å². The molecule has 0 heterocycles. The molecule has 3 aromatic carbocycles. The number of aryl methyl sites for hydroxylation is 1. The number of allylic oxidation sites excluding steroid dienone is 1. The molecule has 1 amide bonds. The number of nitrogens with zero attached hydrogens (tertiary/aromatic N) is 1. The molecule has 0 fully saturated rings. The lowest BCUT2D eigenvalue weighted by atomic mass is 9.98. The molecule has 3 aromatic rings. The number of rotatable bonds is 9. The van der Waals surface area contributed by atoms with Crippen LogP contribution in [0.15, 0.2) is 83.8 Å². The minimum Gasteiger partial charge on any atom is -0.504 e. The fourth-order valence-electron chi connectivity index (χ4n) is 3.42. The van der Waals surface area contributed by atoms with Crippen LogP contribution in [-0.2, 0) is 17.8 Å². The third-order valence-corrected chi connectivity index (χ3v) is 5.48. The van der Waals surface area contributed by atoms with Gasteiger partial charge >= 0.3 is 0 Å². The summed E-state index contributed by atoms with van der Waals surface area (Å²) in [6.45, 7) is 4.12. The molecular weight excluding hydrogens is 444 g/mol. The summed E-state index contributed by atoms with van der Waals surface area (Å²) >= 11 is 4.24. The molecule has 6 heteroatoms. The summed E-state index contributed by atoms with van der Waals surface area (Å²) < 4.78 is 5.34. The van der Waals surface area contributed by atoms with Gasteiger partial charge in [0.2, 0.25) is 0 Å². The van der Waals surface area contributed by atoms with Crippen molar-refractivity contribution < 1.29 is 14.6 Å². The van der Waals surface area contributed by atoms with Crippen molar-refractivity contribution in [3.8, 4) is 28.7 Å². The zero-order valence-electron chi connectivity index (χ0n) is 18.9. The fraction of sp³-hybridized carbons (Fsp3) is 0.143. The van der Waals surface area contributed by atoms with Crippen molar-refractivity contribution in [2.24, 2.45) is 0 Å². The van der Waals surface area contributed by atoms with E-state index in [4.69, 9.17) is 4.74 Å². The Hall–Kier alpha value is -3.95. The van der Waals surface area contributed by atoms with Gasteiger partial charge in [0, 0.05) is 12.1 Å². The van der Waals surface area contributed by atoms with Crippen LogP contribution in [0.1, 0.15) is 23.1 Å². The number of hydrogen-bond acceptors (Lipinski definition) is 5. The lowest BCUT2D eigenvalue weighted by molar-refractivity contribution is -0.117. The highest BCUT2D eigenvalue weighted by atomic mass is 32.1. The van der Waals surface area contributed by atoms with Crippen LogP contribution in [0.3, 0.4) is 0 Å². The van der Waals surface area contributed by atoms with E-state index < -0.39 is 5.91 Å². The Bertz CT molecular complexity index is 1240. The Balaban J connectivity index is 1.87. The van der Waals surface area contributed by atoms with Gasteiger partial charge in [-0.15, -0.1) is 12.6 Å². The van der Waals surface area contributed by atoms with E-state index in [1.54, 1.807) is 12.1 Å². The van der Waals surface area contributed by atoms with Crippen molar-refractivity contribution >= 4 is 24.6 Å². The zero-order valence-corrected chi connectivity index (χ0v) is 19.8. The second kappa shape index (κ2) is 11.8. The van der Waals surface area contributed by atoms with Crippen molar-refractivity contribution in [1.29, 1.82) is 5.26 Å². The van der Waals surface area contributed by atoms with Gasteiger partial charge in [-0.05, 0) is 58.2 Å². The maximum atomic E-state index is 12.6. The van der Waals surface area contributed by atoms with Crippen molar-refractivity contribution in [3.05, 3.63) is 100 Å². The third kappa shape index (κ3) is 6.53. The first-order chi connectivity index (χ1) is 16.4. The van der Waals surface area contributed by atoms with E-state index in [2.05, 4.69) is 24.5 Å². The Morgan fingerprint density at radius 2 is 1.85 bits per heavy atom. The molecule has 5 nitrogen and oxygen atoms in total. The molecule has 34 heavy (non-hydrogen) atoms. The number of ether oxygens (including phenoxy) is 1. The molecule has 3 rings (SSSR count). The number of carbonyl (C=O) groups is 1. The molecule has 0 aromatic heterocycles. The van der Waals surface area contributed by atoms with Crippen LogP contribution in [0, 0.1) is 11.3 Å². The van der Waals surface area contributed by atoms with Crippen LogP contribution in [0.4, 0.5) is 0 Å². The number of methoxy groups -OCH3 is 1. The molecule has 0 radical (unpaired) electrons. The van der Waals surface area contributed by atoms with Gasteiger partial charge in [0.15, 0.2) is 11.5 Å².